The largest absolute Gasteiger partial charge is 0.462 e. The average Bonchev–Trinajstić information content (AvgIpc) is 3.17. The number of carbonyl (C=O) groups is 2. The number of carbonyl (C=O) groups excluding carboxylic acids is 2. The van der Waals surface area contributed by atoms with E-state index in [1.807, 2.05) is 0 Å². The zero-order valence-electron chi connectivity index (χ0n) is 15.5. The maximum Gasteiger partial charge on any atom is 0.382 e. The van der Waals surface area contributed by atoms with Crippen LogP contribution in [-0.4, -0.2) is 31.7 Å². The molecular formula is C17H19ClN3O6P. The molecule has 1 atom stereocenters. The van der Waals surface area contributed by atoms with Gasteiger partial charge in [0.1, 0.15) is 5.57 Å². The first-order chi connectivity index (χ1) is 13.3. The molecule has 1 aromatic rings. The summed E-state index contributed by atoms with van der Waals surface area (Å²) in [6.07, 6.45) is 0. The van der Waals surface area contributed by atoms with Gasteiger partial charge in [0.15, 0.2) is 5.44 Å². The minimum atomic E-state index is -4.02. The number of nitrogens with one attached hydrogen (secondary N) is 1. The highest BCUT2D eigenvalue weighted by atomic mass is 35.5. The van der Waals surface area contributed by atoms with E-state index in [2.05, 4.69) is 15.5 Å². The lowest BCUT2D eigenvalue weighted by Crippen LogP contribution is -2.37. The first kappa shape index (κ1) is 20.7. The van der Waals surface area contributed by atoms with Crippen molar-refractivity contribution in [2.45, 2.75) is 26.3 Å². The Labute approximate surface area is 166 Å². The lowest BCUT2D eigenvalue weighted by molar-refractivity contribution is -0.140. The third kappa shape index (κ3) is 3.08. The van der Waals surface area contributed by atoms with Gasteiger partial charge in [-0.3, -0.25) is 9.36 Å². The van der Waals surface area contributed by atoms with Crippen molar-refractivity contribution in [1.29, 1.82) is 0 Å². The molecule has 1 amide bonds. The molecule has 1 N–H and O–H groups in total. The SMILES string of the molecule is CCOC(=O)C1=C(P(=O)(OCC)OCC)N=NC12C(=O)Nc1ccc(Cl)cc12. The molecule has 150 valence electrons. The Hall–Kier alpha value is -2.06. The van der Waals surface area contributed by atoms with Gasteiger partial charge in [-0.25, -0.2) is 4.79 Å². The van der Waals surface area contributed by atoms with Crippen LogP contribution in [0.25, 0.3) is 0 Å². The Morgan fingerprint density at radius 1 is 1.21 bits per heavy atom. The molecule has 28 heavy (non-hydrogen) atoms. The second kappa shape index (κ2) is 7.75. The van der Waals surface area contributed by atoms with Crippen LogP contribution in [0.2, 0.25) is 5.02 Å². The molecule has 1 aromatic carbocycles. The highest BCUT2D eigenvalue weighted by molar-refractivity contribution is 7.58. The summed E-state index contributed by atoms with van der Waals surface area (Å²) in [6.45, 7) is 4.95. The molecule has 11 heteroatoms. The van der Waals surface area contributed by atoms with Crippen LogP contribution in [0.3, 0.4) is 0 Å². The molecular weight excluding hydrogens is 409 g/mol. The van der Waals surface area contributed by atoms with Crippen molar-refractivity contribution < 1.29 is 27.9 Å². The molecule has 0 saturated heterocycles. The molecule has 2 aliphatic rings. The van der Waals surface area contributed by atoms with Crippen molar-refractivity contribution in [2.75, 3.05) is 25.1 Å². The Morgan fingerprint density at radius 3 is 2.50 bits per heavy atom. The first-order valence-electron chi connectivity index (χ1n) is 8.70. The molecule has 2 heterocycles. The van der Waals surface area contributed by atoms with Gasteiger partial charge < -0.3 is 19.1 Å². The zero-order chi connectivity index (χ0) is 20.5. The molecule has 0 radical (unpaired) electrons. The topological polar surface area (TPSA) is 116 Å². The minimum absolute atomic E-state index is 0.0310. The van der Waals surface area contributed by atoms with Gasteiger partial charge in [-0.1, -0.05) is 11.6 Å². The molecule has 0 aromatic heterocycles. The number of hydrogen-bond donors (Lipinski definition) is 1. The van der Waals surface area contributed by atoms with E-state index in [1.165, 1.54) is 6.07 Å². The summed E-state index contributed by atoms with van der Waals surface area (Å²) in [5.41, 5.74) is -1.77. The predicted molar refractivity (Wildman–Crippen MR) is 101 cm³/mol. The number of halogens is 1. The number of hydrogen-bond acceptors (Lipinski definition) is 8. The third-order valence-electron chi connectivity index (χ3n) is 4.17. The highest BCUT2D eigenvalue weighted by Crippen LogP contribution is 2.63. The summed E-state index contributed by atoms with van der Waals surface area (Å²) in [7, 11) is -4.02. The van der Waals surface area contributed by atoms with E-state index < -0.39 is 25.0 Å². The summed E-state index contributed by atoms with van der Waals surface area (Å²) in [4.78, 5) is 25.8. The van der Waals surface area contributed by atoms with Crippen LogP contribution in [0.4, 0.5) is 5.69 Å². The van der Waals surface area contributed by atoms with E-state index >= 15 is 0 Å². The van der Waals surface area contributed by atoms with Gasteiger partial charge in [-0.15, -0.1) is 5.11 Å². The first-order valence-corrected chi connectivity index (χ1v) is 10.6. The molecule has 1 unspecified atom stereocenters. The van der Waals surface area contributed by atoms with Crippen LogP contribution < -0.4 is 5.32 Å². The fraction of sp³-hybridized carbons (Fsp3) is 0.412. The second-order valence-corrected chi connectivity index (χ2v) is 8.18. The molecule has 0 fully saturated rings. The predicted octanol–water partition coefficient (Wildman–Crippen LogP) is 3.99. The van der Waals surface area contributed by atoms with Gasteiger partial charge in [-0.2, -0.15) is 5.11 Å². The number of ether oxygens (including phenoxy) is 1. The van der Waals surface area contributed by atoms with Gasteiger partial charge in [0.25, 0.3) is 5.91 Å². The quantitative estimate of drug-likeness (QED) is 0.519. The Balaban J connectivity index is 2.30. The number of anilines is 1. The summed E-state index contributed by atoms with van der Waals surface area (Å²) >= 11 is 6.10. The summed E-state index contributed by atoms with van der Waals surface area (Å²) in [5, 5.41) is 11.0. The molecule has 0 bridgehead atoms. The number of esters is 1. The van der Waals surface area contributed by atoms with E-state index in [0.717, 1.165) is 0 Å². The number of fused-ring (bicyclic) bond motifs is 2. The summed E-state index contributed by atoms with van der Waals surface area (Å²) < 4.78 is 29.1. The van der Waals surface area contributed by atoms with Crippen LogP contribution >= 0.6 is 19.2 Å². The number of azo groups is 1. The molecule has 1 spiro atoms. The zero-order valence-corrected chi connectivity index (χ0v) is 17.2. The molecule has 0 saturated carbocycles. The number of benzene rings is 1. The summed E-state index contributed by atoms with van der Waals surface area (Å²) in [5.74, 6) is -1.52. The molecule has 0 aliphatic carbocycles. The van der Waals surface area contributed by atoms with Crippen LogP contribution in [0.5, 0.6) is 0 Å². The van der Waals surface area contributed by atoms with Gasteiger partial charge in [0.05, 0.1) is 19.8 Å². The van der Waals surface area contributed by atoms with Crippen molar-refractivity contribution in [2.24, 2.45) is 10.2 Å². The third-order valence-corrected chi connectivity index (χ3v) is 6.43. The van der Waals surface area contributed by atoms with Gasteiger partial charge in [-0.05, 0) is 39.0 Å². The van der Waals surface area contributed by atoms with E-state index in [9.17, 15) is 14.2 Å². The number of amides is 1. The monoisotopic (exact) mass is 427 g/mol. The van der Waals surface area contributed by atoms with Crippen LogP contribution in [0.1, 0.15) is 26.3 Å². The van der Waals surface area contributed by atoms with Gasteiger partial charge >= 0.3 is 13.6 Å². The Kier molecular flexibility index (Phi) is 5.72. The van der Waals surface area contributed by atoms with E-state index in [1.54, 1.807) is 32.9 Å². The maximum atomic E-state index is 13.3. The minimum Gasteiger partial charge on any atom is -0.462 e. The number of nitrogens with zero attached hydrogens (tertiary/aromatic N) is 2. The van der Waals surface area contributed by atoms with Crippen molar-refractivity contribution in [1.82, 2.24) is 0 Å². The van der Waals surface area contributed by atoms with E-state index in [0.29, 0.717) is 16.3 Å². The van der Waals surface area contributed by atoms with E-state index in [-0.39, 0.29) is 30.8 Å². The molecule has 9 nitrogen and oxygen atoms in total. The van der Waals surface area contributed by atoms with Crippen LogP contribution in [0.15, 0.2) is 39.4 Å². The van der Waals surface area contributed by atoms with Crippen molar-refractivity contribution >= 4 is 36.8 Å². The van der Waals surface area contributed by atoms with Crippen LogP contribution in [-0.2, 0) is 33.5 Å². The maximum absolute atomic E-state index is 13.3. The van der Waals surface area contributed by atoms with Gasteiger partial charge in [0, 0.05) is 16.3 Å². The van der Waals surface area contributed by atoms with Gasteiger partial charge in [0.2, 0.25) is 5.54 Å². The lowest BCUT2D eigenvalue weighted by Gasteiger charge is -2.22. The smallest absolute Gasteiger partial charge is 0.382 e. The lowest BCUT2D eigenvalue weighted by atomic mass is 9.85. The normalized spacial score (nSPS) is 20.6. The van der Waals surface area contributed by atoms with Crippen molar-refractivity contribution in [3.8, 4) is 0 Å². The van der Waals surface area contributed by atoms with Crippen molar-refractivity contribution in [3.63, 3.8) is 0 Å². The fourth-order valence-corrected chi connectivity index (χ4v) is 4.98. The highest BCUT2D eigenvalue weighted by Gasteiger charge is 2.60. The summed E-state index contributed by atoms with van der Waals surface area (Å²) in [6, 6.07) is 4.68. The molecule has 3 rings (SSSR count). The van der Waals surface area contributed by atoms with E-state index in [4.69, 9.17) is 25.4 Å². The number of rotatable bonds is 7. The van der Waals surface area contributed by atoms with Crippen molar-refractivity contribution in [3.05, 3.63) is 39.8 Å². The average molecular weight is 428 g/mol. The standard InChI is InChI=1S/C17H19ClN3O6P/c1-4-25-15(22)13-14(28(24,26-5-2)27-6-3)20-21-17(13)11-9-10(18)7-8-12(11)19-16(17)23/h7-9H,4-6H2,1-3H3,(H,19,23). The Bertz CT molecular complexity index is 937. The van der Waals surface area contributed by atoms with Crippen LogP contribution in [0, 0.1) is 0 Å². The Morgan fingerprint density at radius 2 is 1.89 bits per heavy atom. The second-order valence-electron chi connectivity index (χ2n) is 5.81. The molecule has 2 aliphatic heterocycles. The fourth-order valence-electron chi connectivity index (χ4n) is 3.12.